The van der Waals surface area contributed by atoms with Gasteiger partial charge in [0.25, 0.3) is 0 Å². The van der Waals surface area contributed by atoms with Crippen LogP contribution in [0.15, 0.2) is 0 Å². The molecule has 0 aliphatic carbocycles. The summed E-state index contributed by atoms with van der Waals surface area (Å²) < 4.78 is 70.6. The minimum absolute atomic E-state index is 0. The molecule has 0 amide bonds. The third-order valence-corrected chi connectivity index (χ3v) is 6.92. The van der Waals surface area contributed by atoms with Crippen LogP contribution in [-0.4, -0.2) is 95.8 Å². The average molecular weight is 637 g/mol. The molecule has 10 nitrogen and oxygen atoms in total. The van der Waals surface area contributed by atoms with Crippen molar-refractivity contribution in [1.29, 1.82) is 0 Å². The fraction of sp³-hybridized carbons (Fsp3) is 1.00. The van der Waals surface area contributed by atoms with Crippen LogP contribution in [0.25, 0.3) is 0 Å². The Labute approximate surface area is 279 Å². The first-order valence-electron chi connectivity index (χ1n) is 15.7. The standard InChI is InChI=1S/C30H62O10S.Na/c1-8-9-10-11-12-13-14-15-16-17-18-34-19-25(2)35-20-26(3)36-21-27(4)37-22-28(5)38-23-29(6)39-24-30(7)40-41(31,32)33;/h25-30H,8-24H2,1-7H3,(H,31,32,33);/q;+1/p-1. The molecule has 42 heavy (non-hydrogen) atoms. The quantitative estimate of drug-likeness (QED) is 0.0504. The molecule has 0 aliphatic rings. The van der Waals surface area contributed by atoms with E-state index in [0.29, 0.717) is 33.0 Å². The molecule has 0 aromatic heterocycles. The van der Waals surface area contributed by atoms with E-state index < -0.39 is 16.5 Å². The van der Waals surface area contributed by atoms with Crippen molar-refractivity contribution < 1.29 is 75.1 Å². The summed E-state index contributed by atoms with van der Waals surface area (Å²) in [5.41, 5.74) is 0. The van der Waals surface area contributed by atoms with Crippen molar-refractivity contribution in [2.75, 3.05) is 46.2 Å². The Kier molecular flexibility index (Phi) is 31.0. The molecule has 0 aliphatic heterocycles. The molecule has 6 unspecified atom stereocenters. The third kappa shape index (κ3) is 32.0. The van der Waals surface area contributed by atoms with Crippen LogP contribution in [0, 0.1) is 0 Å². The van der Waals surface area contributed by atoms with Gasteiger partial charge in [0.05, 0.1) is 76.3 Å². The molecule has 0 N–H and O–H groups in total. The van der Waals surface area contributed by atoms with E-state index in [0.717, 1.165) is 13.0 Å². The van der Waals surface area contributed by atoms with Crippen LogP contribution in [-0.2, 0) is 43.0 Å². The number of rotatable bonds is 30. The zero-order valence-electron chi connectivity index (χ0n) is 28.0. The Morgan fingerprint density at radius 1 is 0.500 bits per heavy atom. The van der Waals surface area contributed by atoms with Crippen LogP contribution >= 0.6 is 0 Å². The van der Waals surface area contributed by atoms with Crippen LogP contribution in [0.3, 0.4) is 0 Å². The van der Waals surface area contributed by atoms with Crippen molar-refractivity contribution in [3.63, 3.8) is 0 Å². The number of hydrogen-bond donors (Lipinski definition) is 0. The van der Waals surface area contributed by atoms with E-state index in [2.05, 4.69) is 11.1 Å². The summed E-state index contributed by atoms with van der Waals surface area (Å²) in [4.78, 5) is 0. The van der Waals surface area contributed by atoms with Gasteiger partial charge in [0.2, 0.25) is 10.4 Å². The molecule has 0 radical (unpaired) electrons. The van der Waals surface area contributed by atoms with Gasteiger partial charge in [-0.15, -0.1) is 0 Å². The summed E-state index contributed by atoms with van der Waals surface area (Å²) in [6.07, 6.45) is 11.8. The smallest absolute Gasteiger partial charge is 0.726 e. The third-order valence-electron chi connectivity index (χ3n) is 6.35. The van der Waals surface area contributed by atoms with Crippen LogP contribution in [0.2, 0.25) is 0 Å². The average Bonchev–Trinajstić information content (AvgIpc) is 2.91. The summed E-state index contributed by atoms with van der Waals surface area (Å²) in [5.74, 6) is 0. The molecule has 0 fully saturated rings. The van der Waals surface area contributed by atoms with Crippen LogP contribution in [0.4, 0.5) is 0 Å². The molecule has 0 aromatic carbocycles. The van der Waals surface area contributed by atoms with Gasteiger partial charge in [-0.25, -0.2) is 8.42 Å². The van der Waals surface area contributed by atoms with Crippen molar-refractivity contribution in [2.24, 2.45) is 0 Å². The molecule has 0 heterocycles. The van der Waals surface area contributed by atoms with E-state index in [1.807, 2.05) is 27.7 Å². The normalized spacial score (nSPS) is 16.4. The molecule has 0 bridgehead atoms. The van der Waals surface area contributed by atoms with E-state index in [-0.39, 0.29) is 66.7 Å². The fourth-order valence-corrected chi connectivity index (χ4v) is 4.37. The van der Waals surface area contributed by atoms with Crippen molar-refractivity contribution in [3.8, 4) is 0 Å². The number of hydrogen-bond acceptors (Lipinski definition) is 10. The van der Waals surface area contributed by atoms with Gasteiger partial charge in [-0.1, -0.05) is 64.7 Å². The molecule has 0 spiro atoms. The Bertz CT molecular complexity index is 685. The van der Waals surface area contributed by atoms with Gasteiger partial charge >= 0.3 is 29.6 Å². The molecule has 12 heteroatoms. The van der Waals surface area contributed by atoms with Crippen molar-refractivity contribution in [1.82, 2.24) is 0 Å². The van der Waals surface area contributed by atoms with Gasteiger partial charge in [-0.2, -0.15) is 0 Å². The molecule has 6 atom stereocenters. The SMILES string of the molecule is CCCCCCCCCCCCOCC(C)OCC(C)OCC(C)OCC(C)OCC(C)OCC(C)OS(=O)(=O)[O-].[Na+]. The second kappa shape index (κ2) is 29.1. The van der Waals surface area contributed by atoms with Crippen molar-refractivity contribution >= 4 is 10.4 Å². The van der Waals surface area contributed by atoms with Gasteiger partial charge in [-0.05, 0) is 48.0 Å². The first-order valence-corrected chi connectivity index (χ1v) is 17.1. The minimum Gasteiger partial charge on any atom is -0.726 e. The number of unbranched alkanes of at least 4 members (excludes halogenated alkanes) is 9. The van der Waals surface area contributed by atoms with E-state index in [1.165, 1.54) is 64.7 Å². The predicted octanol–water partition coefficient (Wildman–Crippen LogP) is 2.82. The van der Waals surface area contributed by atoms with Crippen molar-refractivity contribution in [3.05, 3.63) is 0 Å². The second-order valence-corrected chi connectivity index (χ2v) is 12.3. The topological polar surface area (TPSA) is 122 Å². The summed E-state index contributed by atoms with van der Waals surface area (Å²) in [7, 11) is -4.74. The Balaban J connectivity index is 0. The minimum atomic E-state index is -4.74. The first-order chi connectivity index (χ1) is 19.4. The number of ether oxygens (including phenoxy) is 6. The van der Waals surface area contributed by atoms with Gasteiger partial charge < -0.3 is 33.0 Å². The van der Waals surface area contributed by atoms with Gasteiger partial charge in [0.1, 0.15) is 0 Å². The molecule has 0 aromatic rings. The molecular weight excluding hydrogens is 575 g/mol. The van der Waals surface area contributed by atoms with E-state index in [1.54, 1.807) is 6.92 Å². The maximum atomic E-state index is 10.6. The summed E-state index contributed by atoms with van der Waals surface area (Å²) >= 11 is 0. The second-order valence-electron chi connectivity index (χ2n) is 11.3. The molecule has 0 saturated heterocycles. The first kappa shape index (κ1) is 44.8. The van der Waals surface area contributed by atoms with Crippen molar-refractivity contribution in [2.45, 2.75) is 149 Å². The van der Waals surface area contributed by atoms with Gasteiger partial charge in [0.15, 0.2) is 0 Å². The van der Waals surface area contributed by atoms with Gasteiger partial charge in [-0.3, -0.25) is 4.18 Å². The molecule has 0 rings (SSSR count). The van der Waals surface area contributed by atoms with E-state index in [9.17, 15) is 13.0 Å². The van der Waals surface area contributed by atoms with E-state index >= 15 is 0 Å². The Morgan fingerprint density at radius 2 is 0.810 bits per heavy atom. The van der Waals surface area contributed by atoms with Crippen LogP contribution < -0.4 is 29.6 Å². The summed E-state index contributed by atoms with van der Waals surface area (Å²) in [6.45, 7) is 16.3. The van der Waals surface area contributed by atoms with Crippen LogP contribution in [0.5, 0.6) is 0 Å². The monoisotopic (exact) mass is 636 g/mol. The molecule has 0 saturated carbocycles. The zero-order chi connectivity index (χ0) is 30.9. The Morgan fingerprint density at radius 3 is 1.17 bits per heavy atom. The van der Waals surface area contributed by atoms with Crippen LogP contribution in [0.1, 0.15) is 113 Å². The van der Waals surface area contributed by atoms with E-state index in [4.69, 9.17) is 28.4 Å². The summed E-state index contributed by atoms with van der Waals surface area (Å²) in [6, 6.07) is 0. The molecule has 248 valence electrons. The largest absolute Gasteiger partial charge is 1.00 e. The Hall–Kier alpha value is 0.630. The van der Waals surface area contributed by atoms with Gasteiger partial charge in [0, 0.05) is 6.61 Å². The molecular formula is C30H61NaO10S. The fourth-order valence-electron chi connectivity index (χ4n) is 3.91. The maximum absolute atomic E-state index is 10.6. The summed E-state index contributed by atoms with van der Waals surface area (Å²) in [5, 5.41) is 0. The zero-order valence-corrected chi connectivity index (χ0v) is 30.8. The maximum Gasteiger partial charge on any atom is 1.00 e. The predicted molar refractivity (Wildman–Crippen MR) is 160 cm³/mol.